The zero-order valence-electron chi connectivity index (χ0n) is 19.1. The number of nitrogens with one attached hydrogen (secondary N) is 1. The van der Waals surface area contributed by atoms with Crippen LogP contribution in [-0.2, 0) is 0 Å². The van der Waals surface area contributed by atoms with E-state index < -0.39 is 0 Å². The van der Waals surface area contributed by atoms with Crippen molar-refractivity contribution < 1.29 is 9.29 Å². The fourth-order valence-electron chi connectivity index (χ4n) is 5.83. The number of piperazine rings is 1. The largest absolute Gasteiger partial charge is 0.345 e. The van der Waals surface area contributed by atoms with Crippen molar-refractivity contribution in [1.29, 1.82) is 0 Å². The minimum Gasteiger partial charge on any atom is -0.345 e. The average Bonchev–Trinajstić information content (AvgIpc) is 3.49. The Bertz CT molecular complexity index is 1490. The molecular weight excluding hydrogens is 455 g/mol. The van der Waals surface area contributed by atoms with Crippen LogP contribution in [0.15, 0.2) is 84.5 Å². The van der Waals surface area contributed by atoms with Gasteiger partial charge in [-0.1, -0.05) is 60.7 Å². The molecule has 0 atom stereocenters. The zero-order valence-corrected chi connectivity index (χ0v) is 19.9. The van der Waals surface area contributed by atoms with Gasteiger partial charge in [0.25, 0.3) is 0 Å². The summed E-state index contributed by atoms with van der Waals surface area (Å²) in [5.41, 5.74) is 7.72. The second-order valence-corrected chi connectivity index (χ2v) is 10.1. The van der Waals surface area contributed by atoms with E-state index in [1.165, 1.54) is 34.4 Å². The highest BCUT2D eigenvalue weighted by molar-refractivity contribution is 7.17. The third-order valence-electron chi connectivity index (χ3n) is 7.45. The van der Waals surface area contributed by atoms with E-state index in [2.05, 4.69) is 63.8 Å². The highest BCUT2D eigenvalue weighted by Crippen LogP contribution is 2.42. The molecule has 4 nitrogen and oxygen atoms in total. The van der Waals surface area contributed by atoms with Gasteiger partial charge in [0.1, 0.15) is 28.8 Å². The smallest absolute Gasteiger partial charge is 0.141 e. The molecule has 0 amide bonds. The molecule has 1 fully saturated rings. The van der Waals surface area contributed by atoms with E-state index in [-0.39, 0.29) is 5.82 Å². The Hall–Kier alpha value is -3.61. The summed E-state index contributed by atoms with van der Waals surface area (Å²) in [4.78, 5) is 14.3. The second kappa shape index (κ2) is 8.26. The van der Waals surface area contributed by atoms with Gasteiger partial charge in [-0.25, -0.2) is 14.4 Å². The third-order valence-corrected chi connectivity index (χ3v) is 8.34. The fraction of sp³-hybridized carbons (Fsp3) is 0.172. The maximum atomic E-state index is 13.5. The lowest BCUT2D eigenvalue weighted by atomic mass is 10.0. The Morgan fingerprint density at radius 2 is 1.46 bits per heavy atom. The summed E-state index contributed by atoms with van der Waals surface area (Å²) in [5.74, 6) is 0.765. The van der Waals surface area contributed by atoms with Crippen molar-refractivity contribution in [2.45, 2.75) is 6.04 Å². The monoisotopic (exact) mass is 479 g/mol. The number of hydrogen-bond donors (Lipinski definition) is 1. The van der Waals surface area contributed by atoms with Gasteiger partial charge in [-0.2, -0.15) is 0 Å². The van der Waals surface area contributed by atoms with Crippen LogP contribution in [0.5, 0.6) is 0 Å². The quantitative estimate of drug-likeness (QED) is 0.397. The Balaban J connectivity index is 1.20. The van der Waals surface area contributed by atoms with E-state index in [1.54, 1.807) is 22.6 Å². The molecule has 6 heteroatoms. The van der Waals surface area contributed by atoms with Crippen molar-refractivity contribution in [2.75, 3.05) is 31.1 Å². The highest BCUT2D eigenvalue weighted by atomic mass is 32.1. The first kappa shape index (κ1) is 20.7. The van der Waals surface area contributed by atoms with Gasteiger partial charge >= 0.3 is 0 Å². The van der Waals surface area contributed by atoms with Crippen LogP contribution in [-0.4, -0.2) is 36.1 Å². The number of anilines is 1. The van der Waals surface area contributed by atoms with E-state index in [1.807, 2.05) is 12.1 Å². The van der Waals surface area contributed by atoms with Gasteiger partial charge in [-0.15, -0.1) is 11.3 Å². The highest BCUT2D eigenvalue weighted by Gasteiger charge is 2.37. The number of hydrogen-bond acceptors (Lipinski definition) is 4. The molecule has 2 aromatic heterocycles. The van der Waals surface area contributed by atoms with Crippen molar-refractivity contribution >= 4 is 27.4 Å². The molecule has 35 heavy (non-hydrogen) atoms. The van der Waals surface area contributed by atoms with Crippen LogP contribution in [0.3, 0.4) is 0 Å². The maximum Gasteiger partial charge on any atom is 0.141 e. The normalized spacial score (nSPS) is 16.0. The molecule has 0 spiro atoms. The van der Waals surface area contributed by atoms with Crippen molar-refractivity contribution in [2.24, 2.45) is 0 Å². The molecule has 0 saturated carbocycles. The Labute approximate surface area is 207 Å². The lowest BCUT2D eigenvalue weighted by Gasteiger charge is -2.36. The maximum absolute atomic E-state index is 13.5. The van der Waals surface area contributed by atoms with Crippen LogP contribution in [0.25, 0.3) is 32.5 Å². The molecule has 3 aromatic carbocycles. The van der Waals surface area contributed by atoms with Crippen LogP contribution >= 0.6 is 11.3 Å². The molecule has 0 bridgehead atoms. The number of aromatic nitrogens is 2. The van der Waals surface area contributed by atoms with Gasteiger partial charge in [0.05, 0.1) is 31.6 Å². The van der Waals surface area contributed by atoms with Crippen molar-refractivity contribution in [3.8, 4) is 22.3 Å². The summed E-state index contributed by atoms with van der Waals surface area (Å²) in [5, 5.41) is 3.19. The summed E-state index contributed by atoms with van der Waals surface area (Å²) >= 11 is 1.62. The SMILES string of the molecule is Fc1ccc(-c2csc3ncnc(N4CC[NH+](C5c6ccccc6-c6ccccc65)CC4)c23)cc1. The van der Waals surface area contributed by atoms with E-state index >= 15 is 0 Å². The molecule has 5 aromatic rings. The van der Waals surface area contributed by atoms with E-state index in [9.17, 15) is 4.39 Å². The Morgan fingerprint density at radius 1 is 0.800 bits per heavy atom. The molecule has 172 valence electrons. The standard InChI is InChI=1S/C29H23FN4S/c30-20-11-9-19(10-12-20)25-17-35-29-26(25)28(31-18-32-29)34-15-13-33(14-16-34)27-23-7-3-1-5-21(23)22-6-2-4-8-24(22)27/h1-12,17-18,27H,13-16H2/p+1. The predicted octanol–water partition coefficient (Wildman–Crippen LogP) is 4.97. The van der Waals surface area contributed by atoms with Gasteiger partial charge in [0.15, 0.2) is 0 Å². The molecule has 2 aliphatic rings. The molecule has 0 unspecified atom stereocenters. The number of halogens is 1. The molecule has 3 heterocycles. The van der Waals surface area contributed by atoms with E-state index in [0.29, 0.717) is 6.04 Å². The van der Waals surface area contributed by atoms with Gasteiger partial charge in [0.2, 0.25) is 0 Å². The average molecular weight is 480 g/mol. The molecular formula is C29H24FN4S+. The van der Waals surface area contributed by atoms with Crippen molar-refractivity contribution in [3.05, 3.63) is 101 Å². The van der Waals surface area contributed by atoms with Gasteiger partial charge < -0.3 is 9.80 Å². The van der Waals surface area contributed by atoms with Gasteiger partial charge in [-0.05, 0) is 28.8 Å². The van der Waals surface area contributed by atoms with Crippen LogP contribution in [0.2, 0.25) is 0 Å². The lowest BCUT2D eigenvalue weighted by Crippen LogP contribution is -3.15. The van der Waals surface area contributed by atoms with Crippen LogP contribution in [0.1, 0.15) is 17.2 Å². The summed E-state index contributed by atoms with van der Waals surface area (Å²) in [6.07, 6.45) is 1.67. The first-order valence-electron chi connectivity index (χ1n) is 12.0. The van der Waals surface area contributed by atoms with Crippen LogP contribution in [0.4, 0.5) is 10.2 Å². The molecule has 1 N–H and O–H groups in total. The van der Waals surface area contributed by atoms with E-state index in [4.69, 9.17) is 4.98 Å². The number of nitrogens with zero attached hydrogens (tertiary/aromatic N) is 3. The third kappa shape index (κ3) is 3.36. The second-order valence-electron chi connectivity index (χ2n) is 9.29. The topological polar surface area (TPSA) is 33.5 Å². The first-order valence-corrected chi connectivity index (χ1v) is 12.9. The summed E-state index contributed by atoms with van der Waals surface area (Å²) < 4.78 is 13.5. The number of quaternary nitrogens is 1. The number of benzene rings is 3. The number of rotatable bonds is 3. The Morgan fingerprint density at radius 3 is 2.14 bits per heavy atom. The Kier molecular flexibility index (Phi) is 4.89. The fourth-order valence-corrected chi connectivity index (χ4v) is 6.74. The molecule has 7 rings (SSSR count). The van der Waals surface area contributed by atoms with E-state index in [0.717, 1.165) is 53.3 Å². The minimum absolute atomic E-state index is 0.223. The molecule has 1 aliphatic carbocycles. The molecule has 0 radical (unpaired) electrons. The summed E-state index contributed by atoms with van der Waals surface area (Å²) in [7, 11) is 0. The zero-order chi connectivity index (χ0) is 23.4. The van der Waals surface area contributed by atoms with Crippen LogP contribution in [0, 0.1) is 5.82 Å². The summed E-state index contributed by atoms with van der Waals surface area (Å²) in [6.45, 7) is 3.94. The van der Waals surface area contributed by atoms with Crippen molar-refractivity contribution in [1.82, 2.24) is 9.97 Å². The first-order chi connectivity index (χ1) is 17.3. The lowest BCUT2D eigenvalue weighted by molar-refractivity contribution is -0.925. The molecule has 1 aliphatic heterocycles. The number of thiophene rings is 1. The summed E-state index contributed by atoms with van der Waals surface area (Å²) in [6, 6.07) is 24.8. The van der Waals surface area contributed by atoms with Gasteiger partial charge in [-0.3, -0.25) is 0 Å². The van der Waals surface area contributed by atoms with Crippen LogP contribution < -0.4 is 9.80 Å². The minimum atomic E-state index is -0.223. The molecule has 1 saturated heterocycles. The van der Waals surface area contributed by atoms with Crippen molar-refractivity contribution in [3.63, 3.8) is 0 Å². The van der Waals surface area contributed by atoms with Gasteiger partial charge in [0, 0.05) is 22.1 Å². The number of fused-ring (bicyclic) bond motifs is 4. The predicted molar refractivity (Wildman–Crippen MR) is 139 cm³/mol.